The third kappa shape index (κ3) is 4.01. The van der Waals surface area contributed by atoms with Gasteiger partial charge in [0.25, 0.3) is 0 Å². The Morgan fingerprint density at radius 2 is 2.03 bits per heavy atom. The molecule has 0 aliphatic carbocycles. The van der Waals surface area contributed by atoms with Gasteiger partial charge < -0.3 is 9.30 Å². The molecular weight excluding hydrogens is 449 g/mol. The summed E-state index contributed by atoms with van der Waals surface area (Å²) >= 11 is 12.9. The molecule has 3 aromatic heterocycles. The molecule has 0 saturated carbocycles. The minimum atomic E-state index is -0.191. The maximum Gasteiger partial charge on any atom is 0.224 e. The van der Waals surface area contributed by atoms with Crippen LogP contribution in [0.3, 0.4) is 0 Å². The quantitative estimate of drug-likeness (QED) is 0.401. The number of benzene rings is 1. The van der Waals surface area contributed by atoms with Gasteiger partial charge in [0, 0.05) is 61.8 Å². The first-order chi connectivity index (χ1) is 15.3. The van der Waals surface area contributed by atoms with Gasteiger partial charge in [-0.25, -0.2) is 15.0 Å². The summed E-state index contributed by atoms with van der Waals surface area (Å²) in [6.45, 7) is 3.46. The molecule has 0 unspecified atom stereocenters. The Kier molecular flexibility index (Phi) is 6.04. The van der Waals surface area contributed by atoms with Gasteiger partial charge in [-0.15, -0.1) is 0 Å². The number of imidazole rings is 1. The van der Waals surface area contributed by atoms with Gasteiger partial charge in [0.2, 0.25) is 5.91 Å². The van der Waals surface area contributed by atoms with E-state index in [2.05, 4.69) is 9.97 Å². The predicted octanol–water partition coefficient (Wildman–Crippen LogP) is 5.21. The Balaban J connectivity index is 1.74. The van der Waals surface area contributed by atoms with Crippen molar-refractivity contribution in [1.82, 2.24) is 19.5 Å². The normalized spacial score (nSPS) is 11.1. The fraction of sp³-hybridized carbons (Fsp3) is 0.217. The first-order valence-corrected chi connectivity index (χ1v) is 10.6. The van der Waals surface area contributed by atoms with E-state index in [0.717, 1.165) is 22.5 Å². The fourth-order valence-electron chi connectivity index (χ4n) is 3.43. The van der Waals surface area contributed by atoms with Crippen LogP contribution in [0, 0.1) is 6.92 Å². The van der Waals surface area contributed by atoms with Crippen molar-refractivity contribution in [3.05, 3.63) is 64.2 Å². The van der Waals surface area contributed by atoms with Gasteiger partial charge in [-0.05, 0) is 19.1 Å². The van der Waals surface area contributed by atoms with E-state index < -0.39 is 0 Å². The van der Waals surface area contributed by atoms with E-state index in [1.165, 1.54) is 18.0 Å². The highest BCUT2D eigenvalue weighted by atomic mass is 35.5. The fourth-order valence-corrected chi connectivity index (χ4v) is 4.01. The number of amides is 1. The molecule has 4 aromatic rings. The van der Waals surface area contributed by atoms with Crippen LogP contribution in [-0.4, -0.2) is 32.5 Å². The summed E-state index contributed by atoms with van der Waals surface area (Å²) in [7, 11) is 3.55. The molecule has 0 bridgehead atoms. The van der Waals surface area contributed by atoms with Crippen LogP contribution in [0.5, 0.6) is 5.75 Å². The van der Waals surface area contributed by atoms with Crippen molar-refractivity contribution >= 4 is 45.8 Å². The lowest BCUT2D eigenvalue weighted by molar-refractivity contribution is -0.116. The van der Waals surface area contributed by atoms with Crippen molar-refractivity contribution in [3.63, 3.8) is 0 Å². The topological polar surface area (TPSA) is 73.1 Å². The monoisotopic (exact) mass is 469 g/mol. The Hall–Kier alpha value is -3.16. The molecule has 4 rings (SSSR count). The van der Waals surface area contributed by atoms with Crippen molar-refractivity contribution in [1.29, 1.82) is 0 Å². The van der Waals surface area contributed by atoms with E-state index in [-0.39, 0.29) is 17.5 Å². The van der Waals surface area contributed by atoms with Crippen LogP contribution in [0.1, 0.15) is 18.2 Å². The number of anilines is 1. The van der Waals surface area contributed by atoms with E-state index >= 15 is 0 Å². The molecule has 0 fully saturated rings. The van der Waals surface area contributed by atoms with E-state index in [0.29, 0.717) is 27.7 Å². The number of pyridine rings is 2. The van der Waals surface area contributed by atoms with E-state index in [1.54, 1.807) is 13.2 Å². The van der Waals surface area contributed by atoms with Gasteiger partial charge >= 0.3 is 0 Å². The lowest BCUT2D eigenvalue weighted by atomic mass is 10.1. The zero-order chi connectivity index (χ0) is 23.0. The number of aryl methyl sites for hydroxylation is 2. The third-order valence-corrected chi connectivity index (χ3v) is 5.93. The first kappa shape index (κ1) is 22.0. The number of nitrogens with zero attached hydrogens (tertiary/aromatic N) is 5. The number of carbonyl (C=O) groups is 1. The number of hydrogen-bond acceptors (Lipinski definition) is 5. The maximum absolute atomic E-state index is 11.8. The molecule has 0 atom stereocenters. The third-order valence-electron chi connectivity index (χ3n) is 5.20. The van der Waals surface area contributed by atoms with Gasteiger partial charge in [0.05, 0.1) is 10.0 Å². The molecule has 0 N–H and O–H groups in total. The van der Waals surface area contributed by atoms with Gasteiger partial charge in [-0.3, -0.25) is 9.69 Å². The molecule has 0 aliphatic rings. The predicted molar refractivity (Wildman–Crippen MR) is 126 cm³/mol. The van der Waals surface area contributed by atoms with Crippen molar-refractivity contribution in [2.24, 2.45) is 7.05 Å². The standard InChI is InChI=1S/C23H21Cl2N5O2/c1-13-10-16(22-26-8-9-29(22)3)15-6-5-7-19(21(15)28-13)32-12-17-18(24)11-27-23(20(17)25)30(4)14(2)31/h5-11H,12H2,1-4H3. The molecule has 0 radical (unpaired) electrons. The van der Waals surface area contributed by atoms with Gasteiger partial charge in [0.1, 0.15) is 23.7 Å². The zero-order valence-electron chi connectivity index (χ0n) is 18.1. The highest BCUT2D eigenvalue weighted by Gasteiger charge is 2.19. The number of aromatic nitrogens is 4. The summed E-state index contributed by atoms with van der Waals surface area (Å²) in [5.41, 5.74) is 3.07. The summed E-state index contributed by atoms with van der Waals surface area (Å²) < 4.78 is 8.09. The van der Waals surface area contributed by atoms with Crippen molar-refractivity contribution < 1.29 is 9.53 Å². The molecular formula is C23H21Cl2N5O2. The largest absolute Gasteiger partial charge is 0.487 e. The molecule has 3 heterocycles. The number of fused-ring (bicyclic) bond motifs is 1. The molecule has 32 heavy (non-hydrogen) atoms. The average molecular weight is 470 g/mol. The highest BCUT2D eigenvalue weighted by molar-refractivity contribution is 6.37. The number of halogens is 2. The van der Waals surface area contributed by atoms with Crippen LogP contribution in [0.4, 0.5) is 5.82 Å². The molecule has 9 heteroatoms. The van der Waals surface area contributed by atoms with Crippen LogP contribution in [0.15, 0.2) is 42.9 Å². The molecule has 7 nitrogen and oxygen atoms in total. The Bertz CT molecular complexity index is 1340. The van der Waals surface area contributed by atoms with E-state index in [1.807, 2.05) is 49.0 Å². The minimum absolute atomic E-state index is 0.0887. The van der Waals surface area contributed by atoms with Crippen LogP contribution in [0.25, 0.3) is 22.3 Å². The van der Waals surface area contributed by atoms with Crippen molar-refractivity contribution in [2.45, 2.75) is 20.5 Å². The van der Waals surface area contributed by atoms with Gasteiger partial charge in [-0.1, -0.05) is 35.3 Å². The zero-order valence-corrected chi connectivity index (χ0v) is 19.6. The highest BCUT2D eigenvalue weighted by Crippen LogP contribution is 2.35. The van der Waals surface area contributed by atoms with Crippen molar-refractivity contribution in [3.8, 4) is 17.1 Å². The van der Waals surface area contributed by atoms with Crippen LogP contribution in [0.2, 0.25) is 10.0 Å². The number of hydrogen-bond donors (Lipinski definition) is 0. The summed E-state index contributed by atoms with van der Waals surface area (Å²) in [5.74, 6) is 1.57. The van der Waals surface area contributed by atoms with Crippen LogP contribution < -0.4 is 9.64 Å². The van der Waals surface area contributed by atoms with Crippen molar-refractivity contribution in [2.75, 3.05) is 11.9 Å². The van der Waals surface area contributed by atoms with Crippen LogP contribution >= 0.6 is 23.2 Å². The molecule has 0 saturated heterocycles. The summed E-state index contributed by atoms with van der Waals surface area (Å²) in [5, 5.41) is 1.55. The lowest BCUT2D eigenvalue weighted by Crippen LogP contribution is -2.24. The number of para-hydroxylation sites is 1. The minimum Gasteiger partial charge on any atom is -0.487 e. The molecule has 0 aliphatic heterocycles. The Morgan fingerprint density at radius 3 is 2.72 bits per heavy atom. The van der Waals surface area contributed by atoms with Crippen LogP contribution in [-0.2, 0) is 18.4 Å². The summed E-state index contributed by atoms with van der Waals surface area (Å²) in [4.78, 5) is 26.5. The molecule has 164 valence electrons. The first-order valence-electron chi connectivity index (χ1n) is 9.86. The molecule has 0 spiro atoms. The Morgan fingerprint density at radius 1 is 1.25 bits per heavy atom. The number of rotatable bonds is 5. The van der Waals surface area contributed by atoms with Gasteiger partial charge in [0.15, 0.2) is 5.82 Å². The Labute approximate surface area is 195 Å². The smallest absolute Gasteiger partial charge is 0.224 e. The second-order valence-corrected chi connectivity index (χ2v) is 8.20. The second kappa shape index (κ2) is 8.76. The number of ether oxygens (including phenoxy) is 1. The van der Waals surface area contributed by atoms with E-state index in [4.69, 9.17) is 32.9 Å². The molecule has 1 amide bonds. The number of carbonyl (C=O) groups excluding carboxylic acids is 1. The summed E-state index contributed by atoms with van der Waals surface area (Å²) in [6, 6.07) is 7.76. The SMILES string of the molecule is CC(=O)N(C)c1ncc(Cl)c(COc2cccc3c(-c4nccn4C)cc(C)nc23)c1Cl. The lowest BCUT2D eigenvalue weighted by Gasteiger charge is -2.18. The maximum atomic E-state index is 11.8. The van der Waals surface area contributed by atoms with E-state index in [9.17, 15) is 4.79 Å². The second-order valence-electron chi connectivity index (χ2n) is 7.41. The molecule has 1 aromatic carbocycles. The average Bonchev–Trinajstić information content (AvgIpc) is 3.18. The van der Waals surface area contributed by atoms with Gasteiger partial charge in [-0.2, -0.15) is 0 Å². The summed E-state index contributed by atoms with van der Waals surface area (Å²) in [6.07, 6.45) is 5.13.